The molecule has 3 aromatic carbocycles. The summed E-state index contributed by atoms with van der Waals surface area (Å²) in [6, 6.07) is 17.5. The Kier molecular flexibility index (Phi) is 8.31. The molecule has 0 aliphatic heterocycles. The lowest BCUT2D eigenvalue weighted by atomic mass is 9.96. The van der Waals surface area contributed by atoms with E-state index in [0.717, 1.165) is 11.0 Å². The van der Waals surface area contributed by atoms with E-state index in [9.17, 15) is 44.6 Å². The predicted molar refractivity (Wildman–Crippen MR) is 117 cm³/mol. The second-order valence-electron chi connectivity index (χ2n) is 8.11. The fourth-order valence-electron chi connectivity index (χ4n) is 3.60. The number of nitrogens with zero attached hydrogens (tertiary/aromatic N) is 1. The first kappa shape index (κ1) is 28.2. The van der Waals surface area contributed by atoms with Gasteiger partial charge in [0.25, 0.3) is 0 Å². The Labute approximate surface area is 205 Å². The molecule has 0 bridgehead atoms. The van der Waals surface area contributed by atoms with Crippen LogP contribution in [0, 0.1) is 0 Å². The lowest BCUT2D eigenvalue weighted by Crippen LogP contribution is -2.41. The SMILES string of the molecule is OC(CN(Cc1cccc(C(C(F)(F)F)C(F)(F)F)c1)c1cccc(Oc2ccccc2)c1)C(F)(F)F. The summed E-state index contributed by atoms with van der Waals surface area (Å²) in [6.45, 7) is -1.57. The molecule has 3 aromatic rings. The van der Waals surface area contributed by atoms with Crippen molar-refractivity contribution in [1.29, 1.82) is 0 Å². The molecule has 200 valence electrons. The summed E-state index contributed by atoms with van der Waals surface area (Å²) in [5, 5.41) is 9.66. The molecule has 3 rings (SSSR count). The lowest BCUT2D eigenvalue weighted by Gasteiger charge is -2.29. The maximum absolute atomic E-state index is 13.2. The van der Waals surface area contributed by atoms with Crippen molar-refractivity contribution < 1.29 is 49.4 Å². The molecule has 0 aliphatic carbocycles. The van der Waals surface area contributed by atoms with Crippen LogP contribution in [0.1, 0.15) is 17.0 Å². The highest BCUT2D eigenvalue weighted by atomic mass is 19.4. The van der Waals surface area contributed by atoms with Crippen LogP contribution < -0.4 is 9.64 Å². The largest absolute Gasteiger partial charge is 0.457 e. The third kappa shape index (κ3) is 7.78. The topological polar surface area (TPSA) is 32.7 Å². The van der Waals surface area contributed by atoms with E-state index in [1.54, 1.807) is 30.3 Å². The molecule has 0 spiro atoms. The van der Waals surface area contributed by atoms with E-state index < -0.39 is 49.2 Å². The van der Waals surface area contributed by atoms with Gasteiger partial charge in [0.2, 0.25) is 0 Å². The zero-order valence-corrected chi connectivity index (χ0v) is 18.8. The first-order valence-electron chi connectivity index (χ1n) is 10.7. The number of anilines is 1. The average Bonchev–Trinajstić information content (AvgIpc) is 2.77. The number of ether oxygens (including phenoxy) is 1. The molecule has 0 amide bonds. The Morgan fingerprint density at radius 1 is 0.676 bits per heavy atom. The van der Waals surface area contributed by atoms with Gasteiger partial charge in [-0.05, 0) is 35.4 Å². The molecular formula is C25H20F9NO2. The van der Waals surface area contributed by atoms with Crippen LogP contribution in [0.15, 0.2) is 78.9 Å². The van der Waals surface area contributed by atoms with Crippen molar-refractivity contribution in [2.45, 2.75) is 37.1 Å². The van der Waals surface area contributed by atoms with Gasteiger partial charge < -0.3 is 14.7 Å². The predicted octanol–water partition coefficient (Wildman–Crippen LogP) is 7.62. The fourth-order valence-corrected chi connectivity index (χ4v) is 3.60. The van der Waals surface area contributed by atoms with Crippen LogP contribution in [0.2, 0.25) is 0 Å². The summed E-state index contributed by atoms with van der Waals surface area (Å²) in [6.07, 6.45) is -19.1. The highest BCUT2D eigenvalue weighted by molar-refractivity contribution is 5.52. The van der Waals surface area contributed by atoms with Gasteiger partial charge in [-0.15, -0.1) is 0 Å². The molecule has 0 radical (unpaired) electrons. The number of alkyl halides is 9. The van der Waals surface area contributed by atoms with Crippen LogP contribution in [0.5, 0.6) is 11.5 Å². The highest BCUT2D eigenvalue weighted by Gasteiger charge is 2.57. The molecule has 3 nitrogen and oxygen atoms in total. The Hall–Kier alpha value is -3.41. The van der Waals surface area contributed by atoms with E-state index in [2.05, 4.69) is 0 Å². The number of halogens is 9. The van der Waals surface area contributed by atoms with Crippen molar-refractivity contribution in [3.05, 3.63) is 90.0 Å². The number of rotatable bonds is 8. The molecule has 0 aliphatic rings. The average molecular weight is 537 g/mol. The second kappa shape index (κ2) is 10.9. The van der Waals surface area contributed by atoms with Gasteiger partial charge in [-0.2, -0.15) is 39.5 Å². The van der Waals surface area contributed by atoms with Gasteiger partial charge in [0, 0.05) is 18.3 Å². The minimum Gasteiger partial charge on any atom is -0.457 e. The Balaban J connectivity index is 1.96. The van der Waals surface area contributed by atoms with Crippen molar-refractivity contribution in [3.8, 4) is 11.5 Å². The Morgan fingerprint density at radius 3 is 1.86 bits per heavy atom. The van der Waals surface area contributed by atoms with Crippen LogP contribution in [-0.4, -0.2) is 36.3 Å². The zero-order valence-electron chi connectivity index (χ0n) is 18.8. The lowest BCUT2D eigenvalue weighted by molar-refractivity contribution is -0.253. The quantitative estimate of drug-likeness (QED) is 0.300. The molecule has 1 N–H and O–H groups in total. The van der Waals surface area contributed by atoms with E-state index in [1.165, 1.54) is 30.3 Å². The zero-order chi connectivity index (χ0) is 27.4. The van der Waals surface area contributed by atoms with Gasteiger partial charge in [-0.1, -0.05) is 48.5 Å². The summed E-state index contributed by atoms with van der Waals surface area (Å²) in [7, 11) is 0. The molecule has 0 saturated carbocycles. The summed E-state index contributed by atoms with van der Waals surface area (Å²) in [5.41, 5.74) is -1.14. The van der Waals surface area contributed by atoms with Crippen LogP contribution in [0.4, 0.5) is 45.2 Å². The minimum atomic E-state index is -5.63. The third-order valence-electron chi connectivity index (χ3n) is 5.25. The van der Waals surface area contributed by atoms with Crippen LogP contribution >= 0.6 is 0 Å². The Bertz CT molecular complexity index is 1150. The van der Waals surface area contributed by atoms with E-state index >= 15 is 0 Å². The molecule has 0 heterocycles. The number of aliphatic hydroxyl groups is 1. The first-order chi connectivity index (χ1) is 17.1. The van der Waals surface area contributed by atoms with Gasteiger partial charge in [-0.25, -0.2) is 0 Å². The van der Waals surface area contributed by atoms with Gasteiger partial charge >= 0.3 is 18.5 Å². The molecule has 37 heavy (non-hydrogen) atoms. The third-order valence-corrected chi connectivity index (χ3v) is 5.25. The first-order valence-corrected chi connectivity index (χ1v) is 10.7. The highest BCUT2D eigenvalue weighted by Crippen LogP contribution is 2.46. The maximum atomic E-state index is 13.2. The molecule has 0 aromatic heterocycles. The van der Waals surface area contributed by atoms with Gasteiger partial charge in [0.1, 0.15) is 11.5 Å². The molecule has 1 unspecified atom stereocenters. The molecular weight excluding hydrogens is 517 g/mol. The van der Waals surface area contributed by atoms with E-state index in [-0.39, 0.29) is 17.0 Å². The van der Waals surface area contributed by atoms with Gasteiger partial charge in [0.05, 0.1) is 6.54 Å². The van der Waals surface area contributed by atoms with E-state index in [1.807, 2.05) is 0 Å². The Morgan fingerprint density at radius 2 is 1.27 bits per heavy atom. The normalized spacial score (nSPS) is 13.5. The van der Waals surface area contributed by atoms with Gasteiger partial charge in [0.15, 0.2) is 12.0 Å². The number of aliphatic hydroxyl groups excluding tert-OH is 1. The molecule has 0 fully saturated rings. The molecule has 1 atom stereocenters. The fraction of sp³-hybridized carbons (Fsp3) is 0.280. The number of hydrogen-bond acceptors (Lipinski definition) is 3. The van der Waals surface area contributed by atoms with E-state index in [0.29, 0.717) is 17.9 Å². The summed E-state index contributed by atoms with van der Waals surface area (Å²) in [5.74, 6) is -3.14. The number of para-hydroxylation sites is 1. The number of benzene rings is 3. The van der Waals surface area contributed by atoms with Crippen LogP contribution in [0.25, 0.3) is 0 Å². The van der Waals surface area contributed by atoms with Crippen molar-refractivity contribution in [2.75, 3.05) is 11.4 Å². The second-order valence-corrected chi connectivity index (χ2v) is 8.11. The van der Waals surface area contributed by atoms with Crippen LogP contribution in [0.3, 0.4) is 0 Å². The molecule has 12 heteroatoms. The van der Waals surface area contributed by atoms with E-state index in [4.69, 9.17) is 4.74 Å². The van der Waals surface area contributed by atoms with Gasteiger partial charge in [-0.3, -0.25) is 0 Å². The van der Waals surface area contributed by atoms with Crippen molar-refractivity contribution in [2.24, 2.45) is 0 Å². The monoisotopic (exact) mass is 537 g/mol. The van der Waals surface area contributed by atoms with Crippen molar-refractivity contribution in [3.63, 3.8) is 0 Å². The van der Waals surface area contributed by atoms with Crippen molar-refractivity contribution in [1.82, 2.24) is 0 Å². The smallest absolute Gasteiger partial charge is 0.416 e. The standard InChI is InChI=1S/C25H20F9NO2/c26-23(27,28)21(36)15-35(18-8-5-11-20(13-18)37-19-9-2-1-3-10-19)14-16-6-4-7-17(12-16)22(24(29,30)31)25(32,33)34/h1-13,21-22,36H,14-15H2. The minimum absolute atomic E-state index is 0.0883. The van der Waals surface area contributed by atoms with Crippen LogP contribution in [-0.2, 0) is 6.54 Å². The number of hydrogen-bond donors (Lipinski definition) is 1. The van der Waals surface area contributed by atoms with Crippen molar-refractivity contribution >= 4 is 5.69 Å². The molecule has 0 saturated heterocycles. The summed E-state index contributed by atoms with van der Waals surface area (Å²) in [4.78, 5) is 0.991. The summed E-state index contributed by atoms with van der Waals surface area (Å²) < 4.78 is 124. The summed E-state index contributed by atoms with van der Waals surface area (Å²) >= 11 is 0. The maximum Gasteiger partial charge on any atom is 0.416 e.